The van der Waals surface area contributed by atoms with E-state index >= 15 is 0 Å². The summed E-state index contributed by atoms with van der Waals surface area (Å²) in [5.41, 5.74) is 0.576. The molecule has 1 N–H and O–H groups in total. The summed E-state index contributed by atoms with van der Waals surface area (Å²) in [5.74, 6) is -1.38. The van der Waals surface area contributed by atoms with Gasteiger partial charge in [0.05, 0.1) is 0 Å². The molecule has 0 saturated carbocycles. The van der Waals surface area contributed by atoms with E-state index in [1.165, 1.54) is 18.2 Å². The number of carboxylic acids is 1. The number of aliphatic carboxylic acids is 1. The van der Waals surface area contributed by atoms with Gasteiger partial charge in [0.2, 0.25) is 0 Å². The number of carbonyl (C=O) groups is 1. The molecule has 1 heterocycles. The molecule has 2 rings (SSSR count). The average molecular weight is 222 g/mol. The van der Waals surface area contributed by atoms with Gasteiger partial charge in [-0.15, -0.1) is 0 Å². The van der Waals surface area contributed by atoms with Crippen molar-refractivity contribution in [3.05, 3.63) is 35.6 Å². The van der Waals surface area contributed by atoms with E-state index in [0.29, 0.717) is 5.56 Å². The molecule has 0 radical (unpaired) electrons. The Labute approximate surface area is 124 Å². The zero-order valence-electron chi connectivity index (χ0n) is 8.61. The van der Waals surface area contributed by atoms with E-state index in [4.69, 9.17) is 9.84 Å². The molecule has 0 aromatic heterocycles. The smallest absolute Gasteiger partial charge is 1.00 e. The van der Waals surface area contributed by atoms with E-state index in [-0.39, 0.29) is 58.6 Å². The van der Waals surface area contributed by atoms with Crippen molar-refractivity contribution in [2.75, 3.05) is 0 Å². The van der Waals surface area contributed by atoms with Crippen molar-refractivity contribution >= 4 is 5.97 Å². The number of benzene rings is 1. The Hall–Kier alpha value is 0.216. The van der Waals surface area contributed by atoms with Gasteiger partial charge in [-0.25, -0.2) is 9.18 Å². The van der Waals surface area contributed by atoms with Gasteiger partial charge in [0.15, 0.2) is 6.10 Å². The third-order valence-corrected chi connectivity index (χ3v) is 1.91. The van der Waals surface area contributed by atoms with Gasteiger partial charge in [-0.1, -0.05) is 12.1 Å². The van der Waals surface area contributed by atoms with Crippen LogP contribution in [0.4, 0.5) is 4.39 Å². The second-order valence-electron chi connectivity index (χ2n) is 2.87. The molecule has 1 aliphatic rings. The Kier molecular flexibility index (Phi) is 4.24. The van der Waals surface area contributed by atoms with Crippen LogP contribution < -0.4 is 51.4 Å². The molecular weight excluding hydrogens is 214 g/mol. The van der Waals surface area contributed by atoms with Crippen molar-refractivity contribution in [1.29, 1.82) is 0 Å². The molecule has 14 heavy (non-hydrogen) atoms. The number of halogens is 1. The van der Waals surface area contributed by atoms with Gasteiger partial charge >= 0.3 is 57.4 Å². The molecule has 1 fully saturated rings. The number of hydrogen-bond acceptors (Lipinski definition) is 2. The maximum atomic E-state index is 12.7. The molecule has 0 spiro atoms. The van der Waals surface area contributed by atoms with Crippen LogP contribution in [-0.4, -0.2) is 17.2 Å². The zero-order chi connectivity index (χ0) is 9.42. The molecule has 0 bridgehead atoms. The van der Waals surface area contributed by atoms with Crippen molar-refractivity contribution in [3.63, 3.8) is 0 Å². The fraction of sp³-hybridized carbons (Fsp3) is 0.222. The van der Waals surface area contributed by atoms with Gasteiger partial charge in [-0.3, -0.25) is 0 Å². The molecule has 1 aliphatic heterocycles. The number of rotatable bonds is 2. The monoisotopic (exact) mass is 222 g/mol. The molecule has 0 amide bonds. The van der Waals surface area contributed by atoms with E-state index in [2.05, 4.69) is 0 Å². The fourth-order valence-electron chi connectivity index (χ4n) is 1.24. The first-order valence-electron chi connectivity index (χ1n) is 3.82. The fourth-order valence-corrected chi connectivity index (χ4v) is 1.24. The maximum Gasteiger partial charge on any atom is 1.00 e. The minimum Gasteiger partial charge on any atom is -1.00 e. The second-order valence-corrected chi connectivity index (χ2v) is 2.87. The minimum absolute atomic E-state index is 0. The Balaban J connectivity index is 0.000000980. The van der Waals surface area contributed by atoms with E-state index in [9.17, 15) is 9.18 Å². The van der Waals surface area contributed by atoms with Crippen LogP contribution in [0.25, 0.3) is 0 Å². The molecular formula is C9H8FKO3. The van der Waals surface area contributed by atoms with E-state index < -0.39 is 18.2 Å². The molecule has 3 nitrogen and oxygen atoms in total. The van der Waals surface area contributed by atoms with Crippen LogP contribution in [0.15, 0.2) is 24.3 Å². The summed E-state index contributed by atoms with van der Waals surface area (Å²) in [6.45, 7) is 0. The van der Waals surface area contributed by atoms with Crippen LogP contribution in [-0.2, 0) is 9.53 Å². The van der Waals surface area contributed by atoms with E-state index in [1.54, 1.807) is 6.07 Å². The molecule has 70 valence electrons. The third kappa shape index (κ3) is 2.62. The second kappa shape index (κ2) is 4.83. The van der Waals surface area contributed by atoms with Crippen LogP contribution in [0, 0.1) is 5.82 Å². The molecule has 1 aromatic carbocycles. The Bertz CT molecular complexity index is 361. The summed E-state index contributed by atoms with van der Waals surface area (Å²) in [6.07, 6.45) is -1.28. The van der Waals surface area contributed by atoms with Crippen LogP contribution in [0.1, 0.15) is 13.1 Å². The van der Waals surface area contributed by atoms with Crippen LogP contribution in [0.5, 0.6) is 0 Å². The van der Waals surface area contributed by atoms with Gasteiger partial charge in [0.1, 0.15) is 11.9 Å². The SMILES string of the molecule is O=C(O)C1OC1c1cccc(F)c1.[H-].[K+]. The average Bonchev–Trinajstić information content (AvgIpc) is 2.82. The van der Waals surface area contributed by atoms with Crippen molar-refractivity contribution in [1.82, 2.24) is 0 Å². The standard InChI is InChI=1S/C9H7FO3.K.H/c10-6-3-1-2-5(4-6)7-8(13-7)9(11)12;;/h1-4,7-8H,(H,11,12);;/q;+1;-1. The Morgan fingerprint density at radius 2 is 2.29 bits per heavy atom. The maximum absolute atomic E-state index is 12.7. The molecule has 1 saturated heterocycles. The largest absolute Gasteiger partial charge is 1.00 e. The van der Waals surface area contributed by atoms with Crippen molar-refractivity contribution in [2.45, 2.75) is 12.2 Å². The van der Waals surface area contributed by atoms with Crippen LogP contribution in [0.3, 0.4) is 0 Å². The summed E-state index contributed by atoms with van der Waals surface area (Å²) in [5, 5.41) is 8.54. The predicted octanol–water partition coefficient (Wildman–Crippen LogP) is -1.53. The number of hydrogen-bond donors (Lipinski definition) is 1. The quantitative estimate of drug-likeness (QED) is 0.488. The summed E-state index contributed by atoms with van der Waals surface area (Å²) in [4.78, 5) is 10.4. The topological polar surface area (TPSA) is 49.8 Å². The first-order chi connectivity index (χ1) is 6.18. The summed E-state index contributed by atoms with van der Waals surface area (Å²) in [7, 11) is 0. The summed E-state index contributed by atoms with van der Waals surface area (Å²) < 4.78 is 17.5. The molecule has 0 aliphatic carbocycles. The molecule has 1 aromatic rings. The number of ether oxygens (including phenoxy) is 1. The third-order valence-electron chi connectivity index (χ3n) is 1.91. The molecule has 5 heteroatoms. The van der Waals surface area contributed by atoms with Crippen LogP contribution in [0.2, 0.25) is 0 Å². The first-order valence-corrected chi connectivity index (χ1v) is 3.82. The predicted molar refractivity (Wildman–Crippen MR) is 42.8 cm³/mol. The van der Waals surface area contributed by atoms with Crippen molar-refractivity contribution in [2.24, 2.45) is 0 Å². The molecule has 2 atom stereocenters. The van der Waals surface area contributed by atoms with Gasteiger partial charge in [0, 0.05) is 0 Å². The van der Waals surface area contributed by atoms with Crippen molar-refractivity contribution in [3.8, 4) is 0 Å². The van der Waals surface area contributed by atoms with E-state index in [0.717, 1.165) is 0 Å². The number of epoxide rings is 1. The normalized spacial score (nSPS) is 23.8. The van der Waals surface area contributed by atoms with E-state index in [1.807, 2.05) is 0 Å². The molecule has 2 unspecified atom stereocenters. The van der Waals surface area contributed by atoms with Gasteiger partial charge in [-0.2, -0.15) is 0 Å². The first kappa shape index (κ1) is 12.3. The van der Waals surface area contributed by atoms with Gasteiger partial charge in [0.25, 0.3) is 0 Å². The Morgan fingerprint density at radius 1 is 1.57 bits per heavy atom. The minimum atomic E-state index is -1.01. The Morgan fingerprint density at radius 3 is 2.79 bits per heavy atom. The van der Waals surface area contributed by atoms with Gasteiger partial charge in [-0.05, 0) is 17.7 Å². The zero-order valence-corrected chi connectivity index (χ0v) is 10.7. The van der Waals surface area contributed by atoms with Crippen LogP contribution >= 0.6 is 0 Å². The summed E-state index contributed by atoms with van der Waals surface area (Å²) in [6, 6.07) is 5.78. The number of carboxylic acid groups (broad SMARTS) is 1. The summed E-state index contributed by atoms with van der Waals surface area (Å²) >= 11 is 0. The van der Waals surface area contributed by atoms with Crippen molar-refractivity contribution < 1.29 is 71.8 Å². The van der Waals surface area contributed by atoms with Gasteiger partial charge < -0.3 is 11.3 Å².